The van der Waals surface area contributed by atoms with Crippen LogP contribution < -0.4 is 5.32 Å². The third-order valence-corrected chi connectivity index (χ3v) is 3.34. The van der Waals surface area contributed by atoms with E-state index in [9.17, 15) is 8.78 Å². The van der Waals surface area contributed by atoms with E-state index in [1.165, 1.54) is 12.1 Å². The van der Waals surface area contributed by atoms with Crippen molar-refractivity contribution < 1.29 is 18.0 Å². The fraction of sp³-hybridized carbons (Fsp3) is 0.429. The second-order valence-corrected chi connectivity index (χ2v) is 5.40. The van der Waals surface area contributed by atoms with Gasteiger partial charge < -0.3 is 14.6 Å². The van der Waals surface area contributed by atoms with E-state index in [1.54, 1.807) is 0 Å². The monoisotopic (exact) mass is 295 g/mol. The van der Waals surface area contributed by atoms with Crippen LogP contribution in [0.2, 0.25) is 0 Å². The molecule has 1 aromatic heterocycles. The van der Waals surface area contributed by atoms with Gasteiger partial charge in [-0.1, -0.05) is 5.16 Å². The van der Waals surface area contributed by atoms with Gasteiger partial charge in [0.15, 0.2) is 5.82 Å². The number of hydrogen-bond acceptors (Lipinski definition) is 5. The van der Waals surface area contributed by atoms with E-state index >= 15 is 0 Å². The maximum atomic E-state index is 13.1. The number of nitrogens with zero attached hydrogens (tertiary/aromatic N) is 2. The first-order valence-electron chi connectivity index (χ1n) is 6.64. The Morgan fingerprint density at radius 1 is 1.29 bits per heavy atom. The lowest BCUT2D eigenvalue weighted by Crippen LogP contribution is -2.58. The molecule has 1 aromatic carbocycles. The van der Waals surface area contributed by atoms with Crippen LogP contribution in [0.1, 0.15) is 24.2 Å². The maximum absolute atomic E-state index is 13.1. The molecule has 1 aliphatic rings. The van der Waals surface area contributed by atoms with Crippen LogP contribution in [0.3, 0.4) is 0 Å². The molecule has 1 saturated heterocycles. The molecule has 1 N–H and O–H groups in total. The largest absolute Gasteiger partial charge is 0.363 e. The first-order valence-corrected chi connectivity index (χ1v) is 6.64. The Morgan fingerprint density at radius 3 is 2.62 bits per heavy atom. The molecule has 0 spiro atoms. The van der Waals surface area contributed by atoms with E-state index in [-0.39, 0.29) is 18.6 Å². The third-order valence-electron chi connectivity index (χ3n) is 3.34. The van der Waals surface area contributed by atoms with Gasteiger partial charge in [0, 0.05) is 25.6 Å². The number of rotatable bonds is 5. The fourth-order valence-electron chi connectivity index (χ4n) is 2.13. The predicted molar refractivity (Wildman–Crippen MR) is 69.5 cm³/mol. The molecule has 0 radical (unpaired) electrons. The molecule has 0 aliphatic carbocycles. The van der Waals surface area contributed by atoms with Gasteiger partial charge >= 0.3 is 0 Å². The van der Waals surface area contributed by atoms with Crippen LogP contribution >= 0.6 is 0 Å². The average Bonchev–Trinajstić information content (AvgIpc) is 2.80. The Bertz CT molecular complexity index is 621. The molecule has 0 atom stereocenters. The van der Waals surface area contributed by atoms with E-state index in [0.717, 1.165) is 19.2 Å². The third kappa shape index (κ3) is 3.43. The summed E-state index contributed by atoms with van der Waals surface area (Å²) >= 11 is 0. The molecule has 5 nitrogen and oxygen atoms in total. The van der Waals surface area contributed by atoms with Crippen molar-refractivity contribution in [1.29, 1.82) is 0 Å². The van der Waals surface area contributed by atoms with E-state index in [4.69, 9.17) is 9.26 Å². The van der Waals surface area contributed by atoms with Gasteiger partial charge in [-0.15, -0.1) is 0 Å². The maximum Gasteiger partial charge on any atom is 0.252 e. The highest BCUT2D eigenvalue weighted by Crippen LogP contribution is 2.18. The Morgan fingerprint density at radius 2 is 2.00 bits per heavy atom. The summed E-state index contributed by atoms with van der Waals surface area (Å²) in [5.74, 6) is -0.518. The summed E-state index contributed by atoms with van der Waals surface area (Å²) in [7, 11) is 0. The number of ether oxygens (including phenoxy) is 1. The van der Waals surface area contributed by atoms with Gasteiger partial charge in [-0.25, -0.2) is 8.78 Å². The molecule has 112 valence electrons. The van der Waals surface area contributed by atoms with Gasteiger partial charge in [-0.3, -0.25) is 0 Å². The Labute approximate surface area is 120 Å². The van der Waals surface area contributed by atoms with Crippen LogP contribution in [0.5, 0.6) is 0 Å². The quantitative estimate of drug-likeness (QED) is 0.911. The molecule has 3 rings (SSSR count). The minimum atomic E-state index is -0.623. The summed E-state index contributed by atoms with van der Waals surface area (Å²) in [6, 6.07) is 3.32. The minimum Gasteiger partial charge on any atom is -0.363 e. The zero-order valence-corrected chi connectivity index (χ0v) is 11.5. The highest BCUT2D eigenvalue weighted by atomic mass is 19.1. The SMILES string of the molecule is CC1(OCc2nc(Cc3cc(F)cc(F)c3)no2)CNC1. The number of hydrogen-bond donors (Lipinski definition) is 1. The minimum absolute atomic E-state index is 0.194. The zero-order valence-electron chi connectivity index (χ0n) is 11.5. The van der Waals surface area contributed by atoms with Gasteiger partial charge in [-0.2, -0.15) is 4.98 Å². The summed E-state index contributed by atoms with van der Waals surface area (Å²) in [5, 5.41) is 6.91. The van der Waals surface area contributed by atoms with Crippen molar-refractivity contribution in [2.24, 2.45) is 0 Å². The molecule has 2 heterocycles. The molecule has 1 fully saturated rings. The van der Waals surface area contributed by atoms with Crippen molar-refractivity contribution in [3.63, 3.8) is 0 Å². The van der Waals surface area contributed by atoms with Crippen LogP contribution in [0.15, 0.2) is 22.7 Å². The number of nitrogens with one attached hydrogen (secondary N) is 1. The number of benzene rings is 1. The highest BCUT2D eigenvalue weighted by molar-refractivity contribution is 5.21. The molecule has 1 aliphatic heterocycles. The van der Waals surface area contributed by atoms with Gasteiger partial charge in [-0.05, 0) is 24.6 Å². The second-order valence-electron chi connectivity index (χ2n) is 5.40. The Hall–Kier alpha value is -1.86. The second kappa shape index (κ2) is 5.50. The van der Waals surface area contributed by atoms with Crippen LogP contribution in [0.4, 0.5) is 8.78 Å². The summed E-state index contributed by atoms with van der Waals surface area (Å²) in [6.07, 6.45) is 0.205. The first kappa shape index (κ1) is 14.1. The Kier molecular flexibility index (Phi) is 3.69. The van der Waals surface area contributed by atoms with Crippen LogP contribution in [-0.4, -0.2) is 28.8 Å². The van der Waals surface area contributed by atoms with Gasteiger partial charge in [0.1, 0.15) is 18.2 Å². The summed E-state index contributed by atoms with van der Waals surface area (Å²) in [6.45, 7) is 3.80. The summed E-state index contributed by atoms with van der Waals surface area (Å²) < 4.78 is 36.9. The topological polar surface area (TPSA) is 60.2 Å². The molecular weight excluding hydrogens is 280 g/mol. The highest BCUT2D eigenvalue weighted by Gasteiger charge is 2.32. The molecule has 7 heteroatoms. The van der Waals surface area contributed by atoms with Crippen molar-refractivity contribution in [3.8, 4) is 0 Å². The predicted octanol–water partition coefficient (Wildman–Crippen LogP) is 1.82. The standard InChI is InChI=1S/C14H15F2N3O2/c1-14(7-17-8-14)20-6-13-18-12(19-21-13)4-9-2-10(15)5-11(16)3-9/h2-3,5,17H,4,6-8H2,1H3. The van der Waals surface area contributed by atoms with Gasteiger partial charge in [0.25, 0.3) is 5.89 Å². The molecule has 0 amide bonds. The Balaban J connectivity index is 1.61. The molecule has 2 aromatic rings. The molecular formula is C14H15F2N3O2. The van der Waals surface area contributed by atoms with E-state index in [0.29, 0.717) is 17.3 Å². The van der Waals surface area contributed by atoms with E-state index in [2.05, 4.69) is 15.5 Å². The van der Waals surface area contributed by atoms with Crippen molar-refractivity contribution in [1.82, 2.24) is 15.5 Å². The van der Waals surface area contributed by atoms with E-state index in [1.807, 2.05) is 6.92 Å². The molecule has 0 unspecified atom stereocenters. The molecule has 0 bridgehead atoms. The van der Waals surface area contributed by atoms with Crippen molar-refractivity contribution >= 4 is 0 Å². The molecule has 0 saturated carbocycles. The number of halogens is 2. The number of aromatic nitrogens is 2. The zero-order chi connectivity index (χ0) is 14.9. The smallest absolute Gasteiger partial charge is 0.252 e. The lowest BCUT2D eigenvalue weighted by Gasteiger charge is -2.38. The molecule has 21 heavy (non-hydrogen) atoms. The summed E-state index contributed by atoms with van der Waals surface area (Å²) in [5.41, 5.74) is 0.260. The average molecular weight is 295 g/mol. The normalized spacial score (nSPS) is 16.7. The van der Waals surface area contributed by atoms with Crippen molar-refractivity contribution in [3.05, 3.63) is 47.1 Å². The van der Waals surface area contributed by atoms with Crippen LogP contribution in [0.25, 0.3) is 0 Å². The lowest BCUT2D eigenvalue weighted by atomic mass is 10.0. The summed E-state index contributed by atoms with van der Waals surface area (Å²) in [4.78, 5) is 4.16. The first-order chi connectivity index (χ1) is 10.0. The van der Waals surface area contributed by atoms with Crippen molar-refractivity contribution in [2.75, 3.05) is 13.1 Å². The fourth-order valence-corrected chi connectivity index (χ4v) is 2.13. The van der Waals surface area contributed by atoms with E-state index < -0.39 is 11.6 Å². The van der Waals surface area contributed by atoms with Crippen LogP contribution in [-0.2, 0) is 17.8 Å². The van der Waals surface area contributed by atoms with Crippen LogP contribution in [0, 0.1) is 11.6 Å². The van der Waals surface area contributed by atoms with Crippen molar-refractivity contribution in [2.45, 2.75) is 25.6 Å². The lowest BCUT2D eigenvalue weighted by molar-refractivity contribution is -0.0841. The van der Waals surface area contributed by atoms with Gasteiger partial charge in [0.05, 0.1) is 5.60 Å². The van der Waals surface area contributed by atoms with Gasteiger partial charge in [0.2, 0.25) is 0 Å².